The number of aliphatic hydroxyl groups is 1. The zero-order valence-corrected chi connectivity index (χ0v) is 14.1. The molecule has 1 aliphatic carbocycles. The van der Waals surface area contributed by atoms with Crippen LogP contribution in [0.4, 0.5) is 4.79 Å². The molecule has 4 atom stereocenters. The number of carbonyl (C=O) groups excluding carboxylic acids is 1. The van der Waals surface area contributed by atoms with E-state index in [2.05, 4.69) is 31.0 Å². The summed E-state index contributed by atoms with van der Waals surface area (Å²) in [4.78, 5) is 14.7. The molecule has 1 saturated carbocycles. The SMILES string of the molecule is CC(O)CC(C)(C)CNC(=O)N1C(C)CC2CCCCC21. The van der Waals surface area contributed by atoms with E-state index in [1.807, 2.05) is 0 Å². The number of hydrogen-bond acceptors (Lipinski definition) is 2. The lowest BCUT2D eigenvalue weighted by Gasteiger charge is -2.34. The van der Waals surface area contributed by atoms with Gasteiger partial charge in [-0.2, -0.15) is 0 Å². The van der Waals surface area contributed by atoms with E-state index < -0.39 is 0 Å². The summed E-state index contributed by atoms with van der Waals surface area (Å²) < 4.78 is 0. The minimum atomic E-state index is -0.328. The molecule has 0 bridgehead atoms. The van der Waals surface area contributed by atoms with E-state index in [1.54, 1.807) is 6.92 Å². The number of aliphatic hydroxyl groups excluding tert-OH is 1. The highest BCUT2D eigenvalue weighted by Crippen LogP contribution is 2.39. The quantitative estimate of drug-likeness (QED) is 0.837. The maximum Gasteiger partial charge on any atom is 0.317 e. The van der Waals surface area contributed by atoms with Gasteiger partial charge in [0.2, 0.25) is 0 Å². The number of nitrogens with zero attached hydrogens (tertiary/aromatic N) is 1. The molecule has 4 nitrogen and oxygen atoms in total. The second-order valence-electron chi connectivity index (χ2n) is 7.98. The minimum Gasteiger partial charge on any atom is -0.393 e. The van der Waals surface area contributed by atoms with Crippen molar-refractivity contribution in [1.29, 1.82) is 0 Å². The molecule has 122 valence electrons. The molecular formula is C17H32N2O2. The maximum absolute atomic E-state index is 12.6. The summed E-state index contributed by atoms with van der Waals surface area (Å²) in [7, 11) is 0. The fraction of sp³-hybridized carbons (Fsp3) is 0.941. The molecule has 0 aromatic carbocycles. The monoisotopic (exact) mass is 296 g/mol. The molecule has 4 unspecified atom stereocenters. The van der Waals surface area contributed by atoms with E-state index in [-0.39, 0.29) is 17.6 Å². The molecule has 1 heterocycles. The molecule has 2 fully saturated rings. The van der Waals surface area contributed by atoms with Gasteiger partial charge in [0.1, 0.15) is 0 Å². The summed E-state index contributed by atoms with van der Waals surface area (Å²) in [6.07, 6.45) is 6.57. The first-order chi connectivity index (χ1) is 9.80. The van der Waals surface area contributed by atoms with Gasteiger partial charge in [0, 0.05) is 18.6 Å². The molecule has 21 heavy (non-hydrogen) atoms. The maximum atomic E-state index is 12.6. The predicted molar refractivity (Wildman–Crippen MR) is 85.1 cm³/mol. The third-order valence-corrected chi connectivity index (χ3v) is 5.15. The molecule has 4 heteroatoms. The van der Waals surface area contributed by atoms with Crippen LogP contribution in [0.25, 0.3) is 0 Å². The average Bonchev–Trinajstić information content (AvgIpc) is 2.70. The first-order valence-electron chi connectivity index (χ1n) is 8.54. The van der Waals surface area contributed by atoms with Crippen LogP contribution in [0, 0.1) is 11.3 Å². The second-order valence-corrected chi connectivity index (χ2v) is 7.98. The van der Waals surface area contributed by atoms with Crippen molar-refractivity contribution in [3.8, 4) is 0 Å². The first kappa shape index (κ1) is 16.6. The lowest BCUT2D eigenvalue weighted by molar-refractivity contribution is 0.122. The molecule has 0 aromatic heterocycles. The summed E-state index contributed by atoms with van der Waals surface area (Å²) in [5.74, 6) is 0.713. The smallest absolute Gasteiger partial charge is 0.317 e. The Bertz CT molecular complexity index is 368. The Morgan fingerprint density at radius 3 is 2.71 bits per heavy atom. The van der Waals surface area contributed by atoms with Crippen LogP contribution in [0.5, 0.6) is 0 Å². The Kier molecular flexibility index (Phi) is 5.18. The number of likely N-dealkylation sites (tertiary alicyclic amines) is 1. The zero-order chi connectivity index (χ0) is 15.6. The number of nitrogens with one attached hydrogen (secondary N) is 1. The number of carbonyl (C=O) groups is 1. The Labute approximate surface area is 129 Å². The molecule has 1 aliphatic heterocycles. The van der Waals surface area contributed by atoms with Gasteiger partial charge >= 0.3 is 6.03 Å². The summed E-state index contributed by atoms with van der Waals surface area (Å²) in [6.45, 7) is 8.79. The van der Waals surface area contributed by atoms with Crippen molar-refractivity contribution in [3.05, 3.63) is 0 Å². The molecule has 1 saturated heterocycles. The molecule has 0 aromatic rings. The van der Waals surface area contributed by atoms with Gasteiger partial charge in [-0.1, -0.05) is 26.7 Å². The van der Waals surface area contributed by atoms with Crippen LogP contribution in [0.3, 0.4) is 0 Å². The van der Waals surface area contributed by atoms with E-state index in [9.17, 15) is 9.90 Å². The molecular weight excluding hydrogens is 264 g/mol. The number of rotatable bonds is 4. The average molecular weight is 296 g/mol. The lowest BCUT2D eigenvalue weighted by Crippen LogP contribution is -2.49. The highest BCUT2D eigenvalue weighted by atomic mass is 16.3. The molecule has 0 radical (unpaired) electrons. The Morgan fingerprint density at radius 1 is 1.38 bits per heavy atom. The fourth-order valence-electron chi connectivity index (χ4n) is 4.34. The van der Waals surface area contributed by atoms with Gasteiger partial charge in [0.05, 0.1) is 6.10 Å². The van der Waals surface area contributed by atoms with E-state index in [1.165, 1.54) is 25.7 Å². The van der Waals surface area contributed by atoms with Crippen LogP contribution in [-0.4, -0.2) is 40.8 Å². The Hall–Kier alpha value is -0.770. The number of fused-ring (bicyclic) bond motifs is 1. The van der Waals surface area contributed by atoms with Gasteiger partial charge in [0.25, 0.3) is 0 Å². The van der Waals surface area contributed by atoms with Crippen molar-refractivity contribution in [2.24, 2.45) is 11.3 Å². The number of urea groups is 1. The predicted octanol–water partition coefficient (Wildman–Crippen LogP) is 3.15. The molecule has 2 amide bonds. The fourth-order valence-corrected chi connectivity index (χ4v) is 4.34. The van der Waals surface area contributed by atoms with Crippen molar-refractivity contribution < 1.29 is 9.90 Å². The molecule has 2 aliphatic rings. The van der Waals surface area contributed by atoms with Crippen LogP contribution in [-0.2, 0) is 0 Å². The lowest BCUT2D eigenvalue weighted by atomic mass is 9.85. The topological polar surface area (TPSA) is 52.6 Å². The summed E-state index contributed by atoms with van der Waals surface area (Å²) in [6, 6.07) is 0.905. The Balaban J connectivity index is 1.90. The molecule has 0 spiro atoms. The number of hydrogen-bond donors (Lipinski definition) is 2. The van der Waals surface area contributed by atoms with Crippen molar-refractivity contribution >= 4 is 6.03 Å². The largest absolute Gasteiger partial charge is 0.393 e. The van der Waals surface area contributed by atoms with Gasteiger partial charge in [-0.3, -0.25) is 0 Å². The van der Waals surface area contributed by atoms with Crippen LogP contribution < -0.4 is 5.32 Å². The highest BCUT2D eigenvalue weighted by Gasteiger charge is 2.42. The Morgan fingerprint density at radius 2 is 2.05 bits per heavy atom. The summed E-state index contributed by atoms with van der Waals surface area (Å²) >= 11 is 0. The standard InChI is InChI=1S/C17H32N2O2/c1-12-9-14-7-5-6-8-15(14)19(12)16(21)18-11-17(3,4)10-13(2)20/h12-15,20H,5-11H2,1-4H3,(H,18,21). The molecule has 2 rings (SSSR count). The van der Waals surface area contributed by atoms with Gasteiger partial charge < -0.3 is 15.3 Å². The second kappa shape index (κ2) is 6.55. The zero-order valence-electron chi connectivity index (χ0n) is 14.1. The summed E-state index contributed by atoms with van der Waals surface area (Å²) in [5, 5.41) is 12.6. The van der Waals surface area contributed by atoms with Crippen molar-refractivity contribution in [1.82, 2.24) is 10.2 Å². The van der Waals surface area contributed by atoms with E-state index in [0.29, 0.717) is 31.0 Å². The van der Waals surface area contributed by atoms with Crippen molar-refractivity contribution in [2.45, 2.75) is 84.4 Å². The molecule has 2 N–H and O–H groups in total. The number of amides is 2. The van der Waals surface area contributed by atoms with E-state index in [4.69, 9.17) is 0 Å². The van der Waals surface area contributed by atoms with E-state index >= 15 is 0 Å². The van der Waals surface area contributed by atoms with E-state index in [0.717, 1.165) is 6.42 Å². The third kappa shape index (κ3) is 4.12. The van der Waals surface area contributed by atoms with Crippen LogP contribution in [0.15, 0.2) is 0 Å². The van der Waals surface area contributed by atoms with Crippen LogP contribution >= 0.6 is 0 Å². The highest BCUT2D eigenvalue weighted by molar-refractivity contribution is 5.75. The van der Waals surface area contributed by atoms with Crippen molar-refractivity contribution in [2.75, 3.05) is 6.54 Å². The first-order valence-corrected chi connectivity index (χ1v) is 8.54. The van der Waals surface area contributed by atoms with Gasteiger partial charge in [-0.15, -0.1) is 0 Å². The normalized spacial score (nSPS) is 30.9. The summed E-state index contributed by atoms with van der Waals surface area (Å²) in [5.41, 5.74) is -0.0707. The van der Waals surface area contributed by atoms with Crippen LogP contribution in [0.2, 0.25) is 0 Å². The minimum absolute atomic E-state index is 0.0707. The van der Waals surface area contributed by atoms with Gasteiger partial charge in [-0.25, -0.2) is 4.79 Å². The van der Waals surface area contributed by atoms with Crippen LogP contribution in [0.1, 0.15) is 66.2 Å². The third-order valence-electron chi connectivity index (χ3n) is 5.15. The van der Waals surface area contributed by atoms with Crippen molar-refractivity contribution in [3.63, 3.8) is 0 Å². The van der Waals surface area contributed by atoms with Gasteiger partial charge in [0.15, 0.2) is 0 Å². The van der Waals surface area contributed by atoms with Gasteiger partial charge in [-0.05, 0) is 50.9 Å².